The van der Waals surface area contributed by atoms with Gasteiger partial charge in [-0.1, -0.05) is 67.1 Å². The van der Waals surface area contributed by atoms with E-state index in [4.69, 9.17) is 5.21 Å². The third kappa shape index (κ3) is 5.43. The van der Waals surface area contributed by atoms with E-state index in [0.717, 1.165) is 23.6 Å². The maximum Gasteiger partial charge on any atom is 0.244 e. The number of rotatable bonds is 9. The summed E-state index contributed by atoms with van der Waals surface area (Å²) in [6, 6.07) is 22.6. The summed E-state index contributed by atoms with van der Waals surface area (Å²) in [4.78, 5) is 11.9. The second kappa shape index (κ2) is 9.67. The maximum absolute atomic E-state index is 13.2. The van der Waals surface area contributed by atoms with Crippen LogP contribution >= 0.6 is 0 Å². The molecular weight excluding hydrogens is 386 g/mol. The Hall–Kier alpha value is -2.70. The van der Waals surface area contributed by atoms with Crippen LogP contribution in [0.2, 0.25) is 0 Å². The molecule has 29 heavy (non-hydrogen) atoms. The van der Waals surface area contributed by atoms with Crippen molar-refractivity contribution in [2.24, 2.45) is 0 Å². The van der Waals surface area contributed by atoms with Crippen LogP contribution < -0.4 is 5.48 Å². The van der Waals surface area contributed by atoms with Crippen LogP contribution in [0.4, 0.5) is 0 Å². The number of nitrogens with one attached hydrogen (secondary N) is 1. The van der Waals surface area contributed by atoms with Gasteiger partial charge in [-0.3, -0.25) is 10.0 Å². The Kier molecular flexibility index (Phi) is 7.01. The van der Waals surface area contributed by atoms with Crippen molar-refractivity contribution in [2.45, 2.75) is 42.2 Å². The largest absolute Gasteiger partial charge is 0.289 e. The number of hydrogen-bond donors (Lipinski definition) is 2. The van der Waals surface area contributed by atoms with E-state index in [0.29, 0.717) is 12.8 Å². The SMILES string of the molecule is O=C(CC(CCCCc1ccccc1)S(=O)(=O)c1ccc2ccccc2c1)NO. The molecule has 1 unspecified atom stereocenters. The van der Waals surface area contributed by atoms with Crippen LogP contribution in [0, 0.1) is 0 Å². The van der Waals surface area contributed by atoms with Crippen molar-refractivity contribution in [3.8, 4) is 0 Å². The first-order valence-electron chi connectivity index (χ1n) is 9.70. The molecule has 0 heterocycles. The van der Waals surface area contributed by atoms with E-state index < -0.39 is 21.0 Å². The first-order valence-corrected chi connectivity index (χ1v) is 11.2. The fourth-order valence-corrected chi connectivity index (χ4v) is 5.28. The Bertz CT molecular complexity index is 1060. The molecule has 0 aromatic heterocycles. The van der Waals surface area contributed by atoms with Gasteiger partial charge in [0.05, 0.1) is 10.1 Å². The molecule has 6 heteroatoms. The molecule has 3 aromatic rings. The molecule has 0 saturated heterocycles. The summed E-state index contributed by atoms with van der Waals surface area (Å²) in [5.41, 5.74) is 2.76. The van der Waals surface area contributed by atoms with Gasteiger partial charge < -0.3 is 0 Å². The van der Waals surface area contributed by atoms with E-state index in [1.54, 1.807) is 23.7 Å². The summed E-state index contributed by atoms with van der Waals surface area (Å²) in [7, 11) is -3.71. The van der Waals surface area contributed by atoms with Crippen molar-refractivity contribution in [3.05, 3.63) is 78.4 Å². The van der Waals surface area contributed by atoms with Gasteiger partial charge in [0.15, 0.2) is 9.84 Å². The Balaban J connectivity index is 1.75. The number of amides is 1. The average Bonchev–Trinajstić information content (AvgIpc) is 2.75. The molecule has 0 spiro atoms. The molecule has 0 aliphatic rings. The topological polar surface area (TPSA) is 83.5 Å². The van der Waals surface area contributed by atoms with E-state index in [-0.39, 0.29) is 11.3 Å². The number of carbonyl (C=O) groups is 1. The van der Waals surface area contributed by atoms with Crippen LogP contribution in [-0.4, -0.2) is 24.8 Å². The van der Waals surface area contributed by atoms with Gasteiger partial charge in [0.2, 0.25) is 5.91 Å². The number of aryl methyl sites for hydroxylation is 1. The fraction of sp³-hybridized carbons (Fsp3) is 0.261. The molecule has 5 nitrogen and oxygen atoms in total. The molecule has 0 aliphatic heterocycles. The van der Waals surface area contributed by atoms with Crippen molar-refractivity contribution >= 4 is 26.5 Å². The van der Waals surface area contributed by atoms with Crippen molar-refractivity contribution in [3.63, 3.8) is 0 Å². The molecule has 3 aromatic carbocycles. The molecule has 0 radical (unpaired) electrons. The number of benzene rings is 3. The average molecular weight is 412 g/mol. The predicted molar refractivity (Wildman–Crippen MR) is 113 cm³/mol. The highest BCUT2D eigenvalue weighted by atomic mass is 32.2. The third-order valence-electron chi connectivity index (χ3n) is 5.11. The van der Waals surface area contributed by atoms with Gasteiger partial charge >= 0.3 is 0 Å². The van der Waals surface area contributed by atoms with E-state index in [2.05, 4.69) is 0 Å². The number of hydrogen-bond acceptors (Lipinski definition) is 4. The number of carbonyl (C=O) groups excluding carboxylic acids is 1. The standard InChI is InChI=1S/C23H25NO4S/c25-23(24-26)17-21(13-7-4-10-18-8-2-1-3-9-18)29(27,28)22-15-14-19-11-5-6-12-20(19)16-22/h1-3,5-6,8-9,11-12,14-16,21,26H,4,7,10,13,17H2,(H,24,25). The van der Waals surface area contributed by atoms with Crippen molar-refractivity contribution in [1.29, 1.82) is 0 Å². The zero-order valence-electron chi connectivity index (χ0n) is 16.1. The molecule has 2 N–H and O–H groups in total. The monoisotopic (exact) mass is 411 g/mol. The lowest BCUT2D eigenvalue weighted by atomic mass is 10.1. The molecule has 0 bridgehead atoms. The van der Waals surface area contributed by atoms with Gasteiger partial charge in [-0.05, 0) is 47.7 Å². The summed E-state index contributed by atoms with van der Waals surface area (Å²) in [6.45, 7) is 0. The molecule has 1 atom stereocenters. The predicted octanol–water partition coefficient (Wildman–Crippen LogP) is 4.29. The first-order chi connectivity index (χ1) is 14.0. The lowest BCUT2D eigenvalue weighted by Crippen LogP contribution is -2.30. The lowest BCUT2D eigenvalue weighted by Gasteiger charge is -2.17. The highest BCUT2D eigenvalue weighted by Crippen LogP contribution is 2.26. The molecular formula is C23H25NO4S. The summed E-state index contributed by atoms with van der Waals surface area (Å²) < 4.78 is 26.5. The summed E-state index contributed by atoms with van der Waals surface area (Å²) >= 11 is 0. The number of hydroxylamine groups is 1. The summed E-state index contributed by atoms with van der Waals surface area (Å²) in [5, 5.41) is 9.80. The zero-order valence-corrected chi connectivity index (χ0v) is 16.9. The quantitative estimate of drug-likeness (QED) is 0.313. The molecule has 152 valence electrons. The van der Waals surface area contributed by atoms with Crippen LogP contribution in [0.25, 0.3) is 10.8 Å². The lowest BCUT2D eigenvalue weighted by molar-refractivity contribution is -0.129. The van der Waals surface area contributed by atoms with Crippen LogP contribution in [0.1, 0.15) is 31.2 Å². The Morgan fingerprint density at radius 2 is 1.59 bits per heavy atom. The molecule has 0 saturated carbocycles. The minimum Gasteiger partial charge on any atom is -0.289 e. The van der Waals surface area contributed by atoms with Crippen LogP contribution in [0.15, 0.2) is 77.7 Å². The van der Waals surface area contributed by atoms with Crippen LogP contribution in [0.5, 0.6) is 0 Å². The molecule has 0 aliphatic carbocycles. The van der Waals surface area contributed by atoms with Crippen molar-refractivity contribution in [2.75, 3.05) is 0 Å². The van der Waals surface area contributed by atoms with Crippen molar-refractivity contribution < 1.29 is 18.4 Å². The summed E-state index contributed by atoms with van der Waals surface area (Å²) in [5.74, 6) is -0.692. The highest BCUT2D eigenvalue weighted by molar-refractivity contribution is 7.92. The van der Waals surface area contributed by atoms with E-state index in [1.807, 2.05) is 54.6 Å². The van der Waals surface area contributed by atoms with E-state index in [1.165, 1.54) is 5.56 Å². The van der Waals surface area contributed by atoms with E-state index in [9.17, 15) is 13.2 Å². The van der Waals surface area contributed by atoms with Crippen molar-refractivity contribution in [1.82, 2.24) is 5.48 Å². The minimum absolute atomic E-state index is 0.204. The molecule has 3 rings (SSSR count). The Morgan fingerprint density at radius 3 is 2.31 bits per heavy atom. The third-order valence-corrected chi connectivity index (χ3v) is 7.30. The highest BCUT2D eigenvalue weighted by Gasteiger charge is 2.29. The van der Waals surface area contributed by atoms with E-state index >= 15 is 0 Å². The Morgan fingerprint density at radius 1 is 0.897 bits per heavy atom. The van der Waals surface area contributed by atoms with Gasteiger partial charge in [0.1, 0.15) is 0 Å². The second-order valence-electron chi connectivity index (χ2n) is 7.15. The zero-order chi connectivity index (χ0) is 20.7. The van der Waals surface area contributed by atoms with Gasteiger partial charge in [-0.25, -0.2) is 13.9 Å². The number of fused-ring (bicyclic) bond motifs is 1. The van der Waals surface area contributed by atoms with Gasteiger partial charge in [0, 0.05) is 6.42 Å². The Labute approximate surface area is 171 Å². The van der Waals surface area contributed by atoms with Gasteiger partial charge in [0.25, 0.3) is 0 Å². The normalized spacial score (nSPS) is 12.6. The number of sulfone groups is 1. The maximum atomic E-state index is 13.2. The molecule has 0 fully saturated rings. The van der Waals surface area contributed by atoms with Gasteiger partial charge in [-0.15, -0.1) is 0 Å². The van der Waals surface area contributed by atoms with Crippen LogP contribution in [-0.2, 0) is 21.1 Å². The number of unbranched alkanes of at least 4 members (excludes halogenated alkanes) is 1. The fourth-order valence-electron chi connectivity index (χ4n) is 3.50. The minimum atomic E-state index is -3.71. The van der Waals surface area contributed by atoms with Gasteiger partial charge in [-0.2, -0.15) is 0 Å². The second-order valence-corrected chi connectivity index (χ2v) is 9.37. The smallest absolute Gasteiger partial charge is 0.244 e. The first kappa shape index (κ1) is 21.0. The molecule has 1 amide bonds. The summed E-state index contributed by atoms with van der Waals surface area (Å²) in [6.07, 6.45) is 2.45. The van der Waals surface area contributed by atoms with Crippen LogP contribution in [0.3, 0.4) is 0 Å².